The molecule has 0 aliphatic heterocycles. The van der Waals surface area contributed by atoms with Crippen LogP contribution in [0.25, 0.3) is 0 Å². The maximum absolute atomic E-state index is 6.07. The Morgan fingerprint density at radius 2 is 2.43 bits per heavy atom. The largest absolute Gasteiger partial charge is 0.311 e. The van der Waals surface area contributed by atoms with E-state index in [0.717, 1.165) is 25.9 Å². The molecular weight excluding hydrogens is 198 g/mol. The van der Waals surface area contributed by atoms with Crippen molar-refractivity contribution in [1.82, 2.24) is 15.1 Å². The Labute approximate surface area is 90.4 Å². The molecule has 0 saturated heterocycles. The summed E-state index contributed by atoms with van der Waals surface area (Å²) in [6.45, 7) is 3.86. The van der Waals surface area contributed by atoms with E-state index in [2.05, 4.69) is 17.3 Å². The molecule has 0 aromatic carbocycles. The predicted molar refractivity (Wildman–Crippen MR) is 59.5 cm³/mol. The molecule has 0 aliphatic carbocycles. The molecule has 1 heterocycles. The number of aromatic nitrogens is 2. The van der Waals surface area contributed by atoms with E-state index < -0.39 is 0 Å². The summed E-state index contributed by atoms with van der Waals surface area (Å²) >= 11 is 6.07. The van der Waals surface area contributed by atoms with Crippen molar-refractivity contribution in [3.8, 4) is 0 Å². The van der Waals surface area contributed by atoms with Crippen molar-refractivity contribution in [2.75, 3.05) is 6.54 Å². The first-order valence-electron chi connectivity index (χ1n) is 5.04. The number of nitrogens with one attached hydrogen (secondary N) is 1. The van der Waals surface area contributed by atoms with Crippen molar-refractivity contribution in [2.24, 2.45) is 7.05 Å². The number of aryl methyl sites for hydroxylation is 1. The zero-order valence-electron chi connectivity index (χ0n) is 8.83. The molecule has 0 bridgehead atoms. The van der Waals surface area contributed by atoms with Gasteiger partial charge in [-0.1, -0.05) is 13.3 Å². The van der Waals surface area contributed by atoms with Gasteiger partial charge in [-0.25, -0.2) is 0 Å². The van der Waals surface area contributed by atoms with Gasteiger partial charge in [0.25, 0.3) is 0 Å². The fourth-order valence-electron chi connectivity index (χ4n) is 1.35. The van der Waals surface area contributed by atoms with E-state index in [1.807, 2.05) is 19.4 Å². The monoisotopic (exact) mass is 215 g/mol. The molecule has 4 heteroatoms. The topological polar surface area (TPSA) is 29.9 Å². The third kappa shape index (κ3) is 4.11. The summed E-state index contributed by atoms with van der Waals surface area (Å²) in [5.41, 5.74) is 1.20. The third-order valence-electron chi connectivity index (χ3n) is 2.06. The molecule has 1 unspecified atom stereocenters. The summed E-state index contributed by atoms with van der Waals surface area (Å²) in [5.74, 6) is 0. The van der Waals surface area contributed by atoms with Crippen LogP contribution in [0.1, 0.15) is 25.3 Å². The van der Waals surface area contributed by atoms with Crippen LogP contribution in [0.5, 0.6) is 0 Å². The van der Waals surface area contributed by atoms with E-state index in [0.29, 0.717) is 0 Å². The standard InChI is InChI=1S/C10H18ClN3/c1-3-4-10(11)7-12-5-9-6-13-14(2)8-9/h6,8,10,12H,3-5,7H2,1-2H3. The maximum Gasteiger partial charge on any atom is 0.0534 e. The fraction of sp³-hybridized carbons (Fsp3) is 0.700. The van der Waals surface area contributed by atoms with Crippen LogP contribution in [0.4, 0.5) is 0 Å². The number of hydrogen-bond donors (Lipinski definition) is 1. The molecule has 1 aromatic heterocycles. The zero-order chi connectivity index (χ0) is 10.4. The van der Waals surface area contributed by atoms with E-state index >= 15 is 0 Å². The van der Waals surface area contributed by atoms with E-state index in [9.17, 15) is 0 Å². The van der Waals surface area contributed by atoms with Crippen LogP contribution in [0.15, 0.2) is 12.4 Å². The number of halogens is 1. The quantitative estimate of drug-likeness (QED) is 0.735. The molecule has 0 radical (unpaired) electrons. The molecule has 3 nitrogen and oxygen atoms in total. The van der Waals surface area contributed by atoms with Gasteiger partial charge in [0.15, 0.2) is 0 Å². The summed E-state index contributed by atoms with van der Waals surface area (Å²) in [5, 5.41) is 7.66. The molecular formula is C10H18ClN3. The van der Waals surface area contributed by atoms with Crippen LogP contribution in [-0.4, -0.2) is 21.7 Å². The molecule has 80 valence electrons. The Kier molecular flexibility index (Phi) is 4.98. The van der Waals surface area contributed by atoms with Crippen LogP contribution < -0.4 is 5.32 Å². The van der Waals surface area contributed by atoms with E-state index in [1.54, 1.807) is 4.68 Å². The average molecular weight is 216 g/mol. The lowest BCUT2D eigenvalue weighted by Crippen LogP contribution is -2.22. The van der Waals surface area contributed by atoms with Gasteiger partial charge in [-0.05, 0) is 6.42 Å². The minimum Gasteiger partial charge on any atom is -0.311 e. The first-order valence-corrected chi connectivity index (χ1v) is 5.48. The Morgan fingerprint density at radius 3 is 3.00 bits per heavy atom. The highest BCUT2D eigenvalue weighted by Crippen LogP contribution is 2.03. The minimum atomic E-state index is 0.247. The van der Waals surface area contributed by atoms with Gasteiger partial charge in [-0.15, -0.1) is 11.6 Å². The number of alkyl halides is 1. The van der Waals surface area contributed by atoms with Crippen LogP contribution in [-0.2, 0) is 13.6 Å². The highest BCUT2D eigenvalue weighted by Gasteiger charge is 2.02. The zero-order valence-corrected chi connectivity index (χ0v) is 9.59. The molecule has 14 heavy (non-hydrogen) atoms. The van der Waals surface area contributed by atoms with Gasteiger partial charge < -0.3 is 5.32 Å². The number of hydrogen-bond acceptors (Lipinski definition) is 2. The summed E-state index contributed by atoms with van der Waals surface area (Å²) < 4.78 is 1.81. The van der Waals surface area contributed by atoms with Gasteiger partial charge in [-0.2, -0.15) is 5.10 Å². The van der Waals surface area contributed by atoms with Gasteiger partial charge in [0.05, 0.1) is 6.20 Å². The highest BCUT2D eigenvalue weighted by atomic mass is 35.5. The number of rotatable bonds is 6. The van der Waals surface area contributed by atoms with Crippen molar-refractivity contribution in [3.63, 3.8) is 0 Å². The fourth-order valence-corrected chi connectivity index (χ4v) is 1.68. The summed E-state index contributed by atoms with van der Waals surface area (Å²) in [4.78, 5) is 0. The van der Waals surface area contributed by atoms with E-state index in [1.165, 1.54) is 5.56 Å². The van der Waals surface area contributed by atoms with E-state index in [4.69, 9.17) is 11.6 Å². The number of nitrogens with zero attached hydrogens (tertiary/aromatic N) is 2. The second-order valence-electron chi connectivity index (χ2n) is 3.54. The van der Waals surface area contributed by atoms with Gasteiger partial charge in [-0.3, -0.25) is 4.68 Å². The smallest absolute Gasteiger partial charge is 0.0534 e. The van der Waals surface area contributed by atoms with Crippen LogP contribution in [0, 0.1) is 0 Å². The molecule has 1 atom stereocenters. The lowest BCUT2D eigenvalue weighted by molar-refractivity contribution is 0.623. The molecule has 1 rings (SSSR count). The van der Waals surface area contributed by atoms with Crippen LogP contribution in [0.3, 0.4) is 0 Å². The van der Waals surface area contributed by atoms with Crippen molar-refractivity contribution in [3.05, 3.63) is 18.0 Å². The Morgan fingerprint density at radius 1 is 1.64 bits per heavy atom. The Hall–Kier alpha value is -0.540. The Bertz CT molecular complexity index is 260. The lowest BCUT2D eigenvalue weighted by Gasteiger charge is -2.08. The first kappa shape index (κ1) is 11.5. The predicted octanol–water partition coefficient (Wildman–Crippen LogP) is 1.92. The highest BCUT2D eigenvalue weighted by molar-refractivity contribution is 6.20. The van der Waals surface area contributed by atoms with Gasteiger partial charge in [0, 0.05) is 37.3 Å². The van der Waals surface area contributed by atoms with Gasteiger partial charge in [0.1, 0.15) is 0 Å². The van der Waals surface area contributed by atoms with Crippen molar-refractivity contribution in [2.45, 2.75) is 31.7 Å². The van der Waals surface area contributed by atoms with Crippen molar-refractivity contribution < 1.29 is 0 Å². The van der Waals surface area contributed by atoms with Crippen LogP contribution >= 0.6 is 11.6 Å². The molecule has 0 amide bonds. The van der Waals surface area contributed by atoms with Crippen LogP contribution in [0.2, 0.25) is 0 Å². The molecule has 0 aliphatic rings. The maximum atomic E-state index is 6.07. The summed E-state index contributed by atoms with van der Waals surface area (Å²) in [6.07, 6.45) is 6.09. The van der Waals surface area contributed by atoms with E-state index in [-0.39, 0.29) is 5.38 Å². The molecule has 1 N–H and O–H groups in total. The van der Waals surface area contributed by atoms with Crippen molar-refractivity contribution in [1.29, 1.82) is 0 Å². The molecule has 0 saturated carbocycles. The average Bonchev–Trinajstić information content (AvgIpc) is 2.52. The molecule has 0 spiro atoms. The Balaban J connectivity index is 2.15. The van der Waals surface area contributed by atoms with Crippen molar-refractivity contribution >= 4 is 11.6 Å². The van der Waals surface area contributed by atoms with Gasteiger partial charge >= 0.3 is 0 Å². The summed E-state index contributed by atoms with van der Waals surface area (Å²) in [6, 6.07) is 0. The second kappa shape index (κ2) is 6.04. The minimum absolute atomic E-state index is 0.247. The third-order valence-corrected chi connectivity index (χ3v) is 2.43. The molecule has 1 aromatic rings. The summed E-state index contributed by atoms with van der Waals surface area (Å²) in [7, 11) is 1.92. The SMILES string of the molecule is CCCC(Cl)CNCc1cnn(C)c1. The normalized spacial score (nSPS) is 13.1. The molecule has 0 fully saturated rings. The van der Waals surface area contributed by atoms with Gasteiger partial charge in [0.2, 0.25) is 0 Å². The second-order valence-corrected chi connectivity index (χ2v) is 4.16. The lowest BCUT2D eigenvalue weighted by atomic mass is 10.2. The first-order chi connectivity index (χ1) is 6.72.